The number of nitrogens with two attached hydrogens (primary N) is 2. The molecule has 10 heteroatoms. The Kier molecular flexibility index (Phi) is 7.14. The highest BCUT2D eigenvalue weighted by molar-refractivity contribution is 5.92. The maximum Gasteiger partial charge on any atom is 0.326 e. The van der Waals surface area contributed by atoms with E-state index in [1.165, 1.54) is 0 Å². The molecule has 0 radical (unpaired) electrons. The number of amides is 3. The lowest BCUT2D eigenvalue weighted by Crippen LogP contribution is -2.59. The summed E-state index contributed by atoms with van der Waals surface area (Å²) in [5, 5.41) is 11.7. The molecular weight excluding hydrogens is 354 g/mol. The van der Waals surface area contributed by atoms with Crippen LogP contribution in [0.25, 0.3) is 0 Å². The topological polar surface area (TPSA) is 159 Å². The number of carboxylic acids is 1. The number of fused-ring (bicyclic) bond motifs is 1. The molecule has 27 heavy (non-hydrogen) atoms. The molecule has 0 saturated carbocycles. The van der Waals surface area contributed by atoms with Gasteiger partial charge in [0.2, 0.25) is 17.7 Å². The zero-order chi connectivity index (χ0) is 20.1. The molecule has 2 saturated heterocycles. The minimum absolute atomic E-state index is 0.0810. The van der Waals surface area contributed by atoms with Crippen molar-refractivity contribution in [1.82, 2.24) is 15.1 Å². The quantitative estimate of drug-likeness (QED) is 0.405. The predicted octanol–water partition coefficient (Wildman–Crippen LogP) is -1.77. The summed E-state index contributed by atoms with van der Waals surface area (Å²) in [4.78, 5) is 51.4. The minimum atomic E-state index is -1.24. The molecule has 4 atom stereocenters. The van der Waals surface area contributed by atoms with Gasteiger partial charge < -0.3 is 31.7 Å². The fourth-order valence-corrected chi connectivity index (χ4v) is 3.83. The van der Waals surface area contributed by atoms with Gasteiger partial charge in [0.1, 0.15) is 12.1 Å². The largest absolute Gasteiger partial charge is 0.480 e. The second-order valence-corrected chi connectivity index (χ2v) is 7.19. The zero-order valence-electron chi connectivity index (χ0n) is 15.6. The van der Waals surface area contributed by atoms with Gasteiger partial charge in [0, 0.05) is 25.6 Å². The van der Waals surface area contributed by atoms with Crippen molar-refractivity contribution in [2.45, 2.75) is 63.2 Å². The van der Waals surface area contributed by atoms with Gasteiger partial charge in [-0.15, -0.1) is 0 Å². The van der Waals surface area contributed by atoms with Crippen LogP contribution in [0.4, 0.5) is 0 Å². The van der Waals surface area contributed by atoms with E-state index in [9.17, 15) is 24.3 Å². The van der Waals surface area contributed by atoms with E-state index in [0.717, 1.165) is 19.5 Å². The number of hydrogen-bond donors (Lipinski definition) is 4. The van der Waals surface area contributed by atoms with E-state index in [-0.39, 0.29) is 24.8 Å². The van der Waals surface area contributed by atoms with E-state index >= 15 is 0 Å². The molecule has 0 aromatic rings. The summed E-state index contributed by atoms with van der Waals surface area (Å²) in [7, 11) is 0. The Bertz CT molecular complexity index is 598. The number of carboxylic acid groups (broad SMARTS) is 1. The molecule has 10 nitrogen and oxygen atoms in total. The second kappa shape index (κ2) is 9.14. The van der Waals surface area contributed by atoms with E-state index in [1.807, 2.05) is 6.92 Å². The van der Waals surface area contributed by atoms with Crippen LogP contribution in [0.3, 0.4) is 0 Å². The van der Waals surface area contributed by atoms with Gasteiger partial charge in [-0.05, 0) is 32.2 Å². The molecule has 2 aliphatic heterocycles. The van der Waals surface area contributed by atoms with Crippen molar-refractivity contribution < 1.29 is 24.3 Å². The van der Waals surface area contributed by atoms with E-state index in [1.54, 1.807) is 4.90 Å². The molecule has 2 aliphatic rings. The van der Waals surface area contributed by atoms with E-state index in [2.05, 4.69) is 10.2 Å². The van der Waals surface area contributed by atoms with Crippen LogP contribution in [0.1, 0.15) is 39.0 Å². The van der Waals surface area contributed by atoms with Crippen molar-refractivity contribution in [3.8, 4) is 0 Å². The van der Waals surface area contributed by atoms with Crippen LogP contribution in [0.15, 0.2) is 0 Å². The summed E-state index contributed by atoms with van der Waals surface area (Å²) in [5.74, 6) is -2.68. The van der Waals surface area contributed by atoms with Crippen molar-refractivity contribution in [3.63, 3.8) is 0 Å². The summed E-state index contributed by atoms with van der Waals surface area (Å²) in [6, 6.07) is -2.76. The fraction of sp³-hybridized carbons (Fsp3) is 0.765. The molecule has 6 N–H and O–H groups in total. The normalized spacial score (nSPS) is 27.4. The molecule has 0 aliphatic carbocycles. The Morgan fingerprint density at radius 1 is 1.30 bits per heavy atom. The van der Waals surface area contributed by atoms with Gasteiger partial charge in [-0.3, -0.25) is 14.4 Å². The SMILES string of the molecule is CCN1CC[C@H]2CC[C@@H](C(=O)N[C@@H](CCC(N)=O)C(=O)O)N2C(=O)[C@@H](N)C1. The highest BCUT2D eigenvalue weighted by Gasteiger charge is 2.44. The Hall–Kier alpha value is -2.20. The Labute approximate surface area is 158 Å². The number of carbonyl (C=O) groups excluding carboxylic acids is 3. The first kappa shape index (κ1) is 21.1. The van der Waals surface area contributed by atoms with Gasteiger partial charge in [0.05, 0.1) is 6.04 Å². The van der Waals surface area contributed by atoms with Crippen LogP contribution in [0.2, 0.25) is 0 Å². The van der Waals surface area contributed by atoms with Gasteiger partial charge in [-0.25, -0.2) is 4.79 Å². The predicted molar refractivity (Wildman–Crippen MR) is 96.4 cm³/mol. The van der Waals surface area contributed by atoms with E-state index in [0.29, 0.717) is 19.4 Å². The summed E-state index contributed by atoms with van der Waals surface area (Å²) in [6.07, 6.45) is 1.65. The number of hydrogen-bond acceptors (Lipinski definition) is 6. The molecule has 0 spiro atoms. The number of nitrogens with zero attached hydrogens (tertiary/aromatic N) is 2. The first-order valence-electron chi connectivity index (χ1n) is 9.36. The summed E-state index contributed by atoms with van der Waals surface area (Å²) < 4.78 is 0. The molecular formula is C17H29N5O5. The first-order valence-corrected chi connectivity index (χ1v) is 9.36. The summed E-state index contributed by atoms with van der Waals surface area (Å²) in [6.45, 7) is 4.05. The first-order chi connectivity index (χ1) is 12.7. The number of rotatable bonds is 7. The highest BCUT2D eigenvalue weighted by Crippen LogP contribution is 2.29. The zero-order valence-corrected chi connectivity index (χ0v) is 15.6. The molecule has 2 heterocycles. The van der Waals surface area contributed by atoms with Crippen molar-refractivity contribution in [1.29, 1.82) is 0 Å². The van der Waals surface area contributed by atoms with Crippen molar-refractivity contribution >= 4 is 23.7 Å². The van der Waals surface area contributed by atoms with Crippen LogP contribution in [0.5, 0.6) is 0 Å². The molecule has 152 valence electrons. The fourth-order valence-electron chi connectivity index (χ4n) is 3.83. The third-order valence-corrected chi connectivity index (χ3v) is 5.35. The smallest absolute Gasteiger partial charge is 0.326 e. The molecule has 0 aromatic heterocycles. The van der Waals surface area contributed by atoms with Crippen LogP contribution in [0, 0.1) is 0 Å². The average molecular weight is 383 g/mol. The van der Waals surface area contributed by atoms with Crippen LogP contribution < -0.4 is 16.8 Å². The molecule has 0 aromatic carbocycles. The monoisotopic (exact) mass is 383 g/mol. The molecule has 3 amide bonds. The van der Waals surface area contributed by atoms with Crippen molar-refractivity contribution in [2.75, 3.05) is 19.6 Å². The highest BCUT2D eigenvalue weighted by atomic mass is 16.4. The summed E-state index contributed by atoms with van der Waals surface area (Å²) in [5.41, 5.74) is 11.1. The maximum atomic E-state index is 12.8. The molecule has 0 unspecified atom stereocenters. The number of nitrogens with one attached hydrogen (secondary N) is 1. The number of carbonyl (C=O) groups is 4. The lowest BCUT2D eigenvalue weighted by Gasteiger charge is -2.37. The molecule has 0 bridgehead atoms. The minimum Gasteiger partial charge on any atom is -0.480 e. The van der Waals surface area contributed by atoms with Crippen molar-refractivity contribution in [3.05, 3.63) is 0 Å². The van der Waals surface area contributed by atoms with E-state index in [4.69, 9.17) is 11.5 Å². The van der Waals surface area contributed by atoms with Gasteiger partial charge in [0.15, 0.2) is 0 Å². The molecule has 2 rings (SSSR count). The number of primary amides is 1. The third-order valence-electron chi connectivity index (χ3n) is 5.35. The van der Waals surface area contributed by atoms with Gasteiger partial charge in [-0.2, -0.15) is 0 Å². The Morgan fingerprint density at radius 3 is 2.59 bits per heavy atom. The van der Waals surface area contributed by atoms with Gasteiger partial charge >= 0.3 is 5.97 Å². The van der Waals surface area contributed by atoms with Crippen LogP contribution in [-0.4, -0.2) is 82.4 Å². The van der Waals surface area contributed by atoms with Gasteiger partial charge in [-0.1, -0.05) is 6.92 Å². The molecule has 2 fully saturated rings. The average Bonchev–Trinajstić information content (AvgIpc) is 3.03. The van der Waals surface area contributed by atoms with Crippen molar-refractivity contribution in [2.24, 2.45) is 11.5 Å². The lowest BCUT2D eigenvalue weighted by molar-refractivity contribution is -0.145. The lowest BCUT2D eigenvalue weighted by atomic mass is 10.1. The van der Waals surface area contributed by atoms with Crippen LogP contribution >= 0.6 is 0 Å². The number of aliphatic carboxylic acids is 1. The maximum absolute atomic E-state index is 12.8. The second-order valence-electron chi connectivity index (χ2n) is 7.19. The Morgan fingerprint density at radius 2 is 2.00 bits per heavy atom. The Balaban J connectivity index is 2.09. The van der Waals surface area contributed by atoms with Gasteiger partial charge in [0.25, 0.3) is 0 Å². The summed E-state index contributed by atoms with van der Waals surface area (Å²) >= 11 is 0. The van der Waals surface area contributed by atoms with Crippen LogP contribution in [-0.2, 0) is 19.2 Å². The van der Waals surface area contributed by atoms with E-state index < -0.39 is 35.9 Å². The third kappa shape index (κ3) is 5.16. The number of likely N-dealkylation sites (N-methyl/N-ethyl adjacent to an activating group) is 1. The standard InChI is InChI=1S/C17H29N5O5/c1-2-21-8-7-10-3-5-13(22(10)16(25)11(18)9-21)15(24)20-12(17(26)27)4-6-14(19)23/h10-13H,2-9,18H2,1H3,(H2,19,23)(H,20,24)(H,26,27)/t10-,11+,12+,13+/m1/s1.